The Morgan fingerprint density at radius 1 is 1.38 bits per heavy atom. The van der Waals surface area contributed by atoms with Gasteiger partial charge in [0.2, 0.25) is 0 Å². The quantitative estimate of drug-likeness (QED) is 0.801. The average molecular weight is 345 g/mol. The summed E-state index contributed by atoms with van der Waals surface area (Å²) in [4.78, 5) is 10.5. The molecular formula is C14H10Cl3N2O2-. The Bertz CT molecular complexity index is 723. The van der Waals surface area contributed by atoms with Crippen molar-refractivity contribution in [3.8, 4) is 0 Å². The van der Waals surface area contributed by atoms with E-state index in [1.807, 2.05) is 0 Å². The van der Waals surface area contributed by atoms with Gasteiger partial charge >= 0.3 is 0 Å². The number of carbonyl (C=O) groups is 1. The van der Waals surface area contributed by atoms with Crippen molar-refractivity contribution in [1.82, 2.24) is 9.78 Å². The van der Waals surface area contributed by atoms with Crippen molar-refractivity contribution in [2.75, 3.05) is 0 Å². The van der Waals surface area contributed by atoms with Gasteiger partial charge in [-0.15, -0.1) is 0 Å². The second-order valence-corrected chi connectivity index (χ2v) is 5.54. The summed E-state index contributed by atoms with van der Waals surface area (Å²) < 4.78 is 1.54. The van der Waals surface area contributed by atoms with E-state index in [0.717, 1.165) is 11.6 Å². The van der Waals surface area contributed by atoms with E-state index < -0.39 is 5.97 Å². The van der Waals surface area contributed by atoms with Gasteiger partial charge in [-0.05, 0) is 36.8 Å². The number of rotatable bonds is 4. The fourth-order valence-corrected chi connectivity index (χ4v) is 2.59. The lowest BCUT2D eigenvalue weighted by molar-refractivity contribution is -0.297. The Morgan fingerprint density at radius 3 is 2.71 bits per heavy atom. The van der Waals surface area contributed by atoms with Crippen LogP contribution in [0.25, 0.3) is 6.08 Å². The molecule has 21 heavy (non-hydrogen) atoms. The van der Waals surface area contributed by atoms with E-state index in [1.165, 1.54) is 6.08 Å². The third-order valence-electron chi connectivity index (χ3n) is 2.83. The van der Waals surface area contributed by atoms with Crippen LogP contribution in [0.1, 0.15) is 16.8 Å². The van der Waals surface area contributed by atoms with Gasteiger partial charge in [-0.25, -0.2) is 4.68 Å². The molecule has 0 fully saturated rings. The van der Waals surface area contributed by atoms with Crippen LogP contribution in [0.15, 0.2) is 24.3 Å². The Kier molecular flexibility index (Phi) is 4.93. The van der Waals surface area contributed by atoms with Gasteiger partial charge in [0.25, 0.3) is 0 Å². The number of carboxylic acid groups (broad SMARTS) is 1. The van der Waals surface area contributed by atoms with Crippen LogP contribution in [0.5, 0.6) is 0 Å². The second kappa shape index (κ2) is 6.52. The highest BCUT2D eigenvalue weighted by Crippen LogP contribution is 2.25. The van der Waals surface area contributed by atoms with Crippen LogP contribution in [0.4, 0.5) is 0 Å². The predicted octanol–water partition coefficient (Wildman–Crippen LogP) is 2.96. The van der Waals surface area contributed by atoms with Crippen molar-refractivity contribution in [3.63, 3.8) is 0 Å². The third kappa shape index (κ3) is 3.79. The lowest BCUT2D eigenvalue weighted by Crippen LogP contribution is -2.18. The molecule has 2 aromatic rings. The molecule has 0 N–H and O–H groups in total. The molecular weight excluding hydrogens is 335 g/mol. The van der Waals surface area contributed by atoms with Gasteiger partial charge in [-0.2, -0.15) is 5.10 Å². The first-order valence-electron chi connectivity index (χ1n) is 5.94. The van der Waals surface area contributed by atoms with Crippen LogP contribution in [-0.4, -0.2) is 15.7 Å². The van der Waals surface area contributed by atoms with Crippen molar-refractivity contribution < 1.29 is 9.90 Å². The summed E-state index contributed by atoms with van der Waals surface area (Å²) in [7, 11) is 0. The van der Waals surface area contributed by atoms with Crippen molar-refractivity contribution in [2.45, 2.75) is 13.5 Å². The van der Waals surface area contributed by atoms with Gasteiger partial charge < -0.3 is 9.90 Å². The normalized spacial score (nSPS) is 11.2. The largest absolute Gasteiger partial charge is 0.545 e. The molecule has 0 spiro atoms. The van der Waals surface area contributed by atoms with E-state index in [1.54, 1.807) is 29.8 Å². The molecule has 0 amide bonds. The average Bonchev–Trinajstić information content (AvgIpc) is 2.65. The molecule has 0 aliphatic carbocycles. The first-order chi connectivity index (χ1) is 9.88. The molecule has 0 aliphatic rings. The summed E-state index contributed by atoms with van der Waals surface area (Å²) in [6.07, 6.45) is 2.27. The monoisotopic (exact) mass is 343 g/mol. The van der Waals surface area contributed by atoms with Crippen molar-refractivity contribution in [2.24, 2.45) is 0 Å². The van der Waals surface area contributed by atoms with E-state index in [0.29, 0.717) is 33.0 Å². The fourth-order valence-electron chi connectivity index (χ4n) is 1.82. The molecule has 2 rings (SSSR count). The minimum atomic E-state index is -1.29. The van der Waals surface area contributed by atoms with E-state index in [2.05, 4.69) is 5.10 Å². The molecule has 4 nitrogen and oxygen atoms in total. The molecule has 1 heterocycles. The van der Waals surface area contributed by atoms with Crippen LogP contribution in [0, 0.1) is 6.92 Å². The van der Waals surface area contributed by atoms with E-state index in [-0.39, 0.29) is 0 Å². The molecule has 1 aromatic carbocycles. The van der Waals surface area contributed by atoms with Crippen molar-refractivity contribution in [1.29, 1.82) is 0 Å². The summed E-state index contributed by atoms with van der Waals surface area (Å²) >= 11 is 18.2. The Morgan fingerprint density at radius 2 is 2.10 bits per heavy atom. The Balaban J connectivity index is 2.33. The maximum atomic E-state index is 10.5. The highest BCUT2D eigenvalue weighted by molar-refractivity contribution is 6.35. The summed E-state index contributed by atoms with van der Waals surface area (Å²) in [5.74, 6) is -1.29. The van der Waals surface area contributed by atoms with Crippen molar-refractivity contribution >= 4 is 46.8 Å². The SMILES string of the molecule is Cc1nn(Cc2ccc(Cl)cc2Cl)c(Cl)c1/C=C/C(=O)[O-]. The summed E-state index contributed by atoms with van der Waals surface area (Å²) in [5.41, 5.74) is 1.95. The van der Waals surface area contributed by atoms with Gasteiger partial charge in [0.1, 0.15) is 5.15 Å². The highest BCUT2D eigenvalue weighted by atomic mass is 35.5. The Labute approximate surface area is 136 Å². The predicted molar refractivity (Wildman–Crippen MR) is 81.6 cm³/mol. The number of benzene rings is 1. The molecule has 0 radical (unpaired) electrons. The van der Waals surface area contributed by atoms with Gasteiger partial charge in [-0.1, -0.05) is 40.9 Å². The van der Waals surface area contributed by atoms with Crippen LogP contribution in [0.2, 0.25) is 15.2 Å². The zero-order valence-electron chi connectivity index (χ0n) is 10.9. The second-order valence-electron chi connectivity index (χ2n) is 4.34. The fraction of sp³-hybridized carbons (Fsp3) is 0.143. The smallest absolute Gasteiger partial charge is 0.134 e. The zero-order chi connectivity index (χ0) is 15.6. The van der Waals surface area contributed by atoms with Crippen LogP contribution < -0.4 is 5.11 Å². The number of carbonyl (C=O) groups excluding carboxylic acids is 1. The van der Waals surface area contributed by atoms with Crippen molar-refractivity contribution in [3.05, 3.63) is 56.3 Å². The number of nitrogens with zero attached hydrogens (tertiary/aromatic N) is 2. The standard InChI is InChI=1S/C14H11Cl3N2O2/c1-8-11(4-5-13(20)21)14(17)19(18-8)7-9-2-3-10(15)6-12(9)16/h2-6H,7H2,1H3,(H,20,21)/p-1/b5-4+. The van der Waals surface area contributed by atoms with Crippen LogP contribution in [-0.2, 0) is 11.3 Å². The first-order valence-corrected chi connectivity index (χ1v) is 7.07. The minimum absolute atomic E-state index is 0.330. The topological polar surface area (TPSA) is 58.0 Å². The first kappa shape index (κ1) is 15.9. The summed E-state index contributed by atoms with van der Waals surface area (Å²) in [5, 5.41) is 16.1. The third-order valence-corrected chi connectivity index (χ3v) is 3.82. The maximum Gasteiger partial charge on any atom is 0.134 e. The molecule has 0 bridgehead atoms. The lowest BCUT2D eigenvalue weighted by Gasteiger charge is -2.06. The van der Waals surface area contributed by atoms with Gasteiger partial charge in [0, 0.05) is 15.6 Å². The number of hydrogen-bond acceptors (Lipinski definition) is 3. The molecule has 0 saturated heterocycles. The maximum absolute atomic E-state index is 10.5. The van der Waals surface area contributed by atoms with Gasteiger partial charge in [0.05, 0.1) is 18.2 Å². The summed E-state index contributed by atoms with van der Waals surface area (Å²) in [6.45, 7) is 2.09. The number of aromatic nitrogens is 2. The van der Waals surface area contributed by atoms with Gasteiger partial charge in [0.15, 0.2) is 0 Å². The zero-order valence-corrected chi connectivity index (χ0v) is 13.2. The molecule has 0 aliphatic heterocycles. The van der Waals surface area contributed by atoms with E-state index in [4.69, 9.17) is 34.8 Å². The number of aliphatic carboxylic acids is 1. The lowest BCUT2D eigenvalue weighted by atomic mass is 10.2. The van der Waals surface area contributed by atoms with Crippen LogP contribution >= 0.6 is 34.8 Å². The minimum Gasteiger partial charge on any atom is -0.545 e. The molecule has 0 atom stereocenters. The molecule has 1 aromatic heterocycles. The number of hydrogen-bond donors (Lipinski definition) is 0. The highest BCUT2D eigenvalue weighted by Gasteiger charge is 2.12. The molecule has 0 unspecified atom stereocenters. The van der Waals surface area contributed by atoms with E-state index in [9.17, 15) is 9.90 Å². The number of carboxylic acids is 1. The molecule has 0 saturated carbocycles. The van der Waals surface area contributed by atoms with Gasteiger partial charge in [-0.3, -0.25) is 0 Å². The van der Waals surface area contributed by atoms with E-state index >= 15 is 0 Å². The molecule has 110 valence electrons. The number of halogens is 3. The summed E-state index contributed by atoms with van der Waals surface area (Å²) in [6, 6.07) is 5.15. The number of aryl methyl sites for hydroxylation is 1. The molecule has 7 heteroatoms. The Hall–Kier alpha value is -1.49. The van der Waals surface area contributed by atoms with Crippen LogP contribution in [0.3, 0.4) is 0 Å².